The molecule has 0 fully saturated rings. The lowest BCUT2D eigenvalue weighted by Gasteiger charge is -2.20. The lowest BCUT2D eigenvalue weighted by molar-refractivity contribution is -0.136. The van der Waals surface area contributed by atoms with E-state index in [1.165, 1.54) is 57.8 Å². The number of likely N-dealkylation sites (N-methyl/N-ethyl adjacent to an activating group) is 1. The average molecular weight is 330 g/mol. The minimum Gasteiger partial charge on any atom is -0.382 e. The van der Waals surface area contributed by atoms with Crippen molar-refractivity contribution in [3.05, 3.63) is 0 Å². The quantitative estimate of drug-likeness (QED) is 0.371. The average Bonchev–Trinajstić information content (AvgIpc) is 2.56. The molecule has 0 aromatic carbocycles. The maximum Gasteiger partial charge on any atom is 0.248 e. The van der Waals surface area contributed by atoms with Crippen LogP contribution in [0.15, 0.2) is 0 Å². The molecule has 0 atom stereocenters. The first kappa shape index (κ1) is 22.4. The molecule has 23 heavy (non-hydrogen) atoms. The summed E-state index contributed by atoms with van der Waals surface area (Å²) in [5.41, 5.74) is 0. The fourth-order valence-corrected chi connectivity index (χ4v) is 2.64. The molecule has 0 unspecified atom stereocenters. The summed E-state index contributed by atoms with van der Waals surface area (Å²) in [6, 6.07) is 0. The van der Waals surface area contributed by atoms with Gasteiger partial charge >= 0.3 is 0 Å². The van der Waals surface area contributed by atoms with Gasteiger partial charge in [-0.1, -0.05) is 64.7 Å². The van der Waals surface area contributed by atoms with Crippen molar-refractivity contribution in [1.29, 1.82) is 0 Å². The van der Waals surface area contributed by atoms with Gasteiger partial charge < -0.3 is 14.4 Å². The SMILES string of the molecule is CCCCCCCCCCCCN(CC)C(=O)COCCOC. The van der Waals surface area contributed by atoms with Crippen LogP contribution in [-0.2, 0) is 14.3 Å². The first-order valence-electron chi connectivity index (χ1n) is 9.60. The van der Waals surface area contributed by atoms with Gasteiger partial charge in [-0.05, 0) is 13.3 Å². The molecule has 1 amide bonds. The molecule has 4 nitrogen and oxygen atoms in total. The molecule has 0 aromatic rings. The Balaban J connectivity index is 3.47. The number of hydrogen-bond acceptors (Lipinski definition) is 3. The Morgan fingerprint density at radius 2 is 1.39 bits per heavy atom. The first-order chi connectivity index (χ1) is 11.3. The Morgan fingerprint density at radius 1 is 0.826 bits per heavy atom. The van der Waals surface area contributed by atoms with Crippen LogP contribution in [-0.4, -0.2) is 50.8 Å². The van der Waals surface area contributed by atoms with Crippen LogP contribution in [0.2, 0.25) is 0 Å². The molecule has 0 rings (SSSR count). The fraction of sp³-hybridized carbons (Fsp3) is 0.947. The summed E-state index contributed by atoms with van der Waals surface area (Å²) in [6.45, 7) is 7.12. The van der Waals surface area contributed by atoms with Gasteiger partial charge in [0.15, 0.2) is 0 Å². The van der Waals surface area contributed by atoms with Crippen molar-refractivity contribution in [3.8, 4) is 0 Å². The van der Waals surface area contributed by atoms with Crippen LogP contribution in [0.5, 0.6) is 0 Å². The number of rotatable bonds is 17. The fourth-order valence-electron chi connectivity index (χ4n) is 2.64. The predicted octanol–water partition coefficient (Wildman–Crippen LogP) is 4.42. The maximum absolute atomic E-state index is 12.0. The van der Waals surface area contributed by atoms with E-state index < -0.39 is 0 Å². The molecule has 0 aliphatic heterocycles. The lowest BCUT2D eigenvalue weighted by Crippen LogP contribution is -2.35. The van der Waals surface area contributed by atoms with Gasteiger partial charge in [0, 0.05) is 20.2 Å². The van der Waals surface area contributed by atoms with Crippen molar-refractivity contribution in [1.82, 2.24) is 4.90 Å². The van der Waals surface area contributed by atoms with Gasteiger partial charge in [-0.2, -0.15) is 0 Å². The smallest absolute Gasteiger partial charge is 0.248 e. The lowest BCUT2D eigenvalue weighted by atomic mass is 10.1. The molecule has 0 bridgehead atoms. The van der Waals surface area contributed by atoms with E-state index in [1.54, 1.807) is 7.11 Å². The zero-order chi connectivity index (χ0) is 17.2. The second-order valence-electron chi connectivity index (χ2n) is 6.20. The van der Waals surface area contributed by atoms with Gasteiger partial charge in [0.25, 0.3) is 0 Å². The Bertz CT molecular complexity index is 259. The number of nitrogens with zero attached hydrogens (tertiary/aromatic N) is 1. The van der Waals surface area contributed by atoms with E-state index in [0.717, 1.165) is 19.5 Å². The third kappa shape index (κ3) is 14.7. The number of hydrogen-bond donors (Lipinski definition) is 0. The van der Waals surface area contributed by atoms with Crippen LogP contribution >= 0.6 is 0 Å². The van der Waals surface area contributed by atoms with Gasteiger partial charge in [0.05, 0.1) is 13.2 Å². The normalized spacial score (nSPS) is 10.9. The standard InChI is InChI=1S/C19H39NO3/c1-4-6-7-8-9-10-11-12-13-14-15-20(5-2)19(21)18-23-17-16-22-3/h4-18H2,1-3H3. The minimum atomic E-state index is 0.0968. The van der Waals surface area contributed by atoms with Crippen molar-refractivity contribution >= 4 is 5.91 Å². The summed E-state index contributed by atoms with van der Waals surface area (Å²) in [4.78, 5) is 13.9. The van der Waals surface area contributed by atoms with Crippen LogP contribution in [0.25, 0.3) is 0 Å². The zero-order valence-electron chi connectivity index (χ0n) is 15.8. The number of methoxy groups -OCH3 is 1. The minimum absolute atomic E-state index is 0.0968. The maximum atomic E-state index is 12.0. The van der Waals surface area contributed by atoms with Gasteiger partial charge in [0.1, 0.15) is 6.61 Å². The molecule has 0 spiro atoms. The highest BCUT2D eigenvalue weighted by Crippen LogP contribution is 2.10. The third-order valence-electron chi connectivity index (χ3n) is 4.17. The van der Waals surface area contributed by atoms with Crippen LogP contribution < -0.4 is 0 Å². The molecule has 0 N–H and O–H groups in total. The number of carbonyl (C=O) groups excluding carboxylic acids is 1. The van der Waals surface area contributed by atoms with Crippen molar-refractivity contribution in [2.45, 2.75) is 78.1 Å². The number of amides is 1. The number of unbranched alkanes of at least 4 members (excludes halogenated alkanes) is 9. The molecule has 0 saturated carbocycles. The molecule has 0 saturated heterocycles. The van der Waals surface area contributed by atoms with E-state index in [4.69, 9.17) is 9.47 Å². The first-order valence-corrected chi connectivity index (χ1v) is 9.60. The van der Waals surface area contributed by atoms with Crippen LogP contribution in [0.1, 0.15) is 78.1 Å². The Hall–Kier alpha value is -0.610. The van der Waals surface area contributed by atoms with E-state index in [9.17, 15) is 4.79 Å². The molecule has 0 radical (unpaired) electrons. The Morgan fingerprint density at radius 3 is 1.91 bits per heavy atom. The molecule has 138 valence electrons. The van der Waals surface area contributed by atoms with Crippen molar-refractivity contribution in [3.63, 3.8) is 0 Å². The second kappa shape index (κ2) is 17.7. The number of ether oxygens (including phenoxy) is 2. The van der Waals surface area contributed by atoms with E-state index in [-0.39, 0.29) is 12.5 Å². The molecule has 0 aromatic heterocycles. The molecular formula is C19H39NO3. The summed E-state index contributed by atoms with van der Waals surface area (Å²) in [5, 5.41) is 0. The highest BCUT2D eigenvalue weighted by atomic mass is 16.5. The Labute approximate surface area is 143 Å². The van der Waals surface area contributed by atoms with Crippen molar-refractivity contribution < 1.29 is 14.3 Å². The van der Waals surface area contributed by atoms with Crippen LogP contribution in [0, 0.1) is 0 Å². The summed E-state index contributed by atoms with van der Waals surface area (Å²) in [7, 11) is 1.63. The van der Waals surface area contributed by atoms with E-state index in [2.05, 4.69) is 6.92 Å². The molecule has 4 heteroatoms. The van der Waals surface area contributed by atoms with Gasteiger partial charge in [-0.15, -0.1) is 0 Å². The zero-order valence-corrected chi connectivity index (χ0v) is 15.8. The number of carbonyl (C=O) groups is 1. The van der Waals surface area contributed by atoms with Crippen LogP contribution in [0.3, 0.4) is 0 Å². The van der Waals surface area contributed by atoms with E-state index >= 15 is 0 Å². The molecule has 0 aliphatic carbocycles. The monoisotopic (exact) mass is 329 g/mol. The van der Waals surface area contributed by atoms with Gasteiger partial charge in [0.2, 0.25) is 5.91 Å². The van der Waals surface area contributed by atoms with Gasteiger partial charge in [-0.25, -0.2) is 0 Å². The topological polar surface area (TPSA) is 38.8 Å². The summed E-state index contributed by atoms with van der Waals surface area (Å²) < 4.78 is 10.2. The highest BCUT2D eigenvalue weighted by molar-refractivity contribution is 5.77. The van der Waals surface area contributed by atoms with Crippen molar-refractivity contribution in [2.75, 3.05) is 40.0 Å². The largest absolute Gasteiger partial charge is 0.382 e. The summed E-state index contributed by atoms with van der Waals surface area (Å²) in [5.74, 6) is 0.0968. The molecular weight excluding hydrogens is 290 g/mol. The molecule has 0 aliphatic rings. The molecule has 0 heterocycles. The summed E-state index contributed by atoms with van der Waals surface area (Å²) in [6.07, 6.45) is 13.2. The Kier molecular flexibility index (Phi) is 17.3. The van der Waals surface area contributed by atoms with E-state index in [1.807, 2.05) is 11.8 Å². The van der Waals surface area contributed by atoms with Crippen molar-refractivity contribution in [2.24, 2.45) is 0 Å². The third-order valence-corrected chi connectivity index (χ3v) is 4.17. The predicted molar refractivity (Wildman–Crippen MR) is 96.8 cm³/mol. The highest BCUT2D eigenvalue weighted by Gasteiger charge is 2.10. The van der Waals surface area contributed by atoms with Gasteiger partial charge in [-0.3, -0.25) is 4.79 Å². The van der Waals surface area contributed by atoms with Crippen LogP contribution in [0.4, 0.5) is 0 Å². The second-order valence-corrected chi connectivity index (χ2v) is 6.20. The van der Waals surface area contributed by atoms with E-state index in [0.29, 0.717) is 13.2 Å². The summed E-state index contributed by atoms with van der Waals surface area (Å²) >= 11 is 0.